The minimum absolute atomic E-state index is 0.200. The molecule has 0 saturated carbocycles. The van der Waals surface area contributed by atoms with Gasteiger partial charge in [0, 0.05) is 31.9 Å². The molecule has 4 atom stereocenters. The van der Waals surface area contributed by atoms with Crippen molar-refractivity contribution in [2.24, 2.45) is 17.8 Å². The number of ether oxygens (including phenoxy) is 1. The Morgan fingerprint density at radius 3 is 2.69 bits per heavy atom. The fourth-order valence-electron chi connectivity index (χ4n) is 5.15. The van der Waals surface area contributed by atoms with Crippen LogP contribution in [0.15, 0.2) is 18.2 Å². The highest BCUT2D eigenvalue weighted by Crippen LogP contribution is 2.54. The van der Waals surface area contributed by atoms with Crippen molar-refractivity contribution in [3.05, 3.63) is 28.8 Å². The van der Waals surface area contributed by atoms with Crippen molar-refractivity contribution in [3.63, 3.8) is 0 Å². The first kappa shape index (κ1) is 20.3. The molecule has 2 saturated heterocycles. The van der Waals surface area contributed by atoms with Crippen LogP contribution in [0.5, 0.6) is 0 Å². The zero-order valence-corrected chi connectivity index (χ0v) is 17.6. The number of para-hydroxylation sites is 1. The minimum Gasteiger partial charge on any atom is -0.385 e. The van der Waals surface area contributed by atoms with Crippen LogP contribution in [-0.4, -0.2) is 48.9 Å². The van der Waals surface area contributed by atoms with Gasteiger partial charge in [-0.15, -0.1) is 0 Å². The Morgan fingerprint density at radius 2 is 2.00 bits per heavy atom. The summed E-state index contributed by atoms with van der Waals surface area (Å²) in [5, 5.41) is 6.69. The molecule has 4 rings (SSSR count). The molecular formula is C21H26ClN3O4. The van der Waals surface area contributed by atoms with Crippen LogP contribution in [0.1, 0.15) is 32.3 Å². The standard InChI is InChI=1S/C21H26ClN3O4/c1-11(2)10-14-15-16(19(27)25(18(15)26)8-5-9-29-3)21(24-14)12-6-4-7-13(22)17(12)23-20(21)28/h4,6-7,11,14-16,24H,5,8-10H2,1-3H3,(H,23,28)/t14-,15+,16-,21+/m0/s1. The number of nitrogens with zero attached hydrogens (tertiary/aromatic N) is 1. The number of halogens is 1. The van der Waals surface area contributed by atoms with E-state index in [0.717, 1.165) is 0 Å². The topological polar surface area (TPSA) is 87.7 Å². The van der Waals surface area contributed by atoms with Crippen molar-refractivity contribution >= 4 is 35.0 Å². The van der Waals surface area contributed by atoms with E-state index in [4.69, 9.17) is 16.3 Å². The van der Waals surface area contributed by atoms with E-state index in [0.29, 0.717) is 48.2 Å². The number of anilines is 1. The molecule has 0 aromatic heterocycles. The first-order valence-corrected chi connectivity index (χ1v) is 10.4. The number of carbonyl (C=O) groups is 3. The number of rotatable bonds is 6. The van der Waals surface area contributed by atoms with Crippen LogP contribution in [-0.2, 0) is 24.7 Å². The molecule has 29 heavy (non-hydrogen) atoms. The van der Waals surface area contributed by atoms with E-state index in [1.165, 1.54) is 4.90 Å². The van der Waals surface area contributed by atoms with Gasteiger partial charge < -0.3 is 10.1 Å². The summed E-state index contributed by atoms with van der Waals surface area (Å²) in [6.45, 7) is 4.90. The molecule has 3 heterocycles. The van der Waals surface area contributed by atoms with Crippen LogP contribution in [0.25, 0.3) is 0 Å². The fraction of sp³-hybridized carbons (Fsp3) is 0.571. The normalized spacial score (nSPS) is 30.4. The molecule has 2 fully saturated rings. The van der Waals surface area contributed by atoms with E-state index in [9.17, 15) is 14.4 Å². The number of amides is 3. The van der Waals surface area contributed by atoms with Gasteiger partial charge in [0.25, 0.3) is 0 Å². The largest absolute Gasteiger partial charge is 0.385 e. The molecule has 3 aliphatic rings. The molecular weight excluding hydrogens is 394 g/mol. The molecule has 0 aliphatic carbocycles. The Labute approximate surface area is 175 Å². The summed E-state index contributed by atoms with van der Waals surface area (Å²) >= 11 is 6.32. The van der Waals surface area contributed by atoms with Gasteiger partial charge in [0.2, 0.25) is 17.7 Å². The SMILES string of the molecule is COCCCN1C(=O)[C@@H]2[C@H](CC(C)C)N[C@@]3(C(=O)Nc4c(Cl)cccc43)[C@@H]2C1=O. The van der Waals surface area contributed by atoms with E-state index in [1.54, 1.807) is 19.2 Å². The Morgan fingerprint density at radius 1 is 1.24 bits per heavy atom. The molecule has 1 aromatic rings. The first-order chi connectivity index (χ1) is 13.8. The summed E-state index contributed by atoms with van der Waals surface area (Å²) in [5.74, 6) is -1.85. The van der Waals surface area contributed by atoms with Gasteiger partial charge in [-0.2, -0.15) is 0 Å². The van der Waals surface area contributed by atoms with Crippen molar-refractivity contribution in [3.8, 4) is 0 Å². The predicted octanol–water partition coefficient (Wildman–Crippen LogP) is 2.14. The first-order valence-electron chi connectivity index (χ1n) is 10.0. The molecule has 0 bridgehead atoms. The van der Waals surface area contributed by atoms with E-state index in [-0.39, 0.29) is 23.8 Å². The number of likely N-dealkylation sites (tertiary alicyclic amines) is 1. The van der Waals surface area contributed by atoms with Gasteiger partial charge in [-0.25, -0.2) is 0 Å². The lowest BCUT2D eigenvalue weighted by atomic mass is 9.76. The Kier molecular flexibility index (Phi) is 5.17. The van der Waals surface area contributed by atoms with E-state index >= 15 is 0 Å². The Bertz CT molecular complexity index is 873. The van der Waals surface area contributed by atoms with Crippen LogP contribution in [0.4, 0.5) is 5.69 Å². The number of hydrogen-bond donors (Lipinski definition) is 2. The van der Waals surface area contributed by atoms with Crippen LogP contribution in [0, 0.1) is 17.8 Å². The van der Waals surface area contributed by atoms with Crippen molar-refractivity contribution in [1.82, 2.24) is 10.2 Å². The lowest BCUT2D eigenvalue weighted by Gasteiger charge is -2.30. The molecule has 2 N–H and O–H groups in total. The third-order valence-electron chi connectivity index (χ3n) is 6.25. The lowest BCUT2D eigenvalue weighted by molar-refractivity contribution is -0.143. The van der Waals surface area contributed by atoms with Crippen molar-refractivity contribution in [2.45, 2.75) is 38.3 Å². The van der Waals surface area contributed by atoms with Gasteiger partial charge in [-0.05, 0) is 24.8 Å². The average molecular weight is 420 g/mol. The minimum atomic E-state index is -1.27. The van der Waals surface area contributed by atoms with E-state index in [2.05, 4.69) is 24.5 Å². The fourth-order valence-corrected chi connectivity index (χ4v) is 5.37. The molecule has 0 unspecified atom stereocenters. The third-order valence-corrected chi connectivity index (χ3v) is 6.56. The molecule has 3 aliphatic heterocycles. The molecule has 8 heteroatoms. The van der Waals surface area contributed by atoms with E-state index < -0.39 is 17.4 Å². The highest BCUT2D eigenvalue weighted by molar-refractivity contribution is 6.35. The monoisotopic (exact) mass is 419 g/mol. The maximum absolute atomic E-state index is 13.4. The summed E-state index contributed by atoms with van der Waals surface area (Å²) in [6.07, 6.45) is 1.26. The molecule has 7 nitrogen and oxygen atoms in total. The molecule has 1 spiro atoms. The maximum Gasteiger partial charge on any atom is 0.250 e. The van der Waals surface area contributed by atoms with Gasteiger partial charge in [0.1, 0.15) is 5.54 Å². The second-order valence-corrected chi connectivity index (χ2v) is 8.89. The van der Waals surface area contributed by atoms with E-state index in [1.807, 2.05) is 6.07 Å². The zero-order valence-electron chi connectivity index (χ0n) is 16.8. The number of benzene rings is 1. The number of hydrogen-bond acceptors (Lipinski definition) is 5. The van der Waals surface area contributed by atoms with Gasteiger partial charge in [0.05, 0.1) is 22.5 Å². The number of imide groups is 1. The van der Waals surface area contributed by atoms with Crippen molar-refractivity contribution in [1.29, 1.82) is 0 Å². The van der Waals surface area contributed by atoms with Crippen LogP contribution < -0.4 is 10.6 Å². The average Bonchev–Trinajstić information content (AvgIpc) is 3.23. The smallest absolute Gasteiger partial charge is 0.250 e. The van der Waals surface area contributed by atoms with Crippen LogP contribution in [0.2, 0.25) is 5.02 Å². The third kappa shape index (κ3) is 2.90. The Hall–Kier alpha value is -1.96. The summed E-state index contributed by atoms with van der Waals surface area (Å²) in [7, 11) is 1.59. The highest BCUT2D eigenvalue weighted by Gasteiger charge is 2.70. The lowest BCUT2D eigenvalue weighted by Crippen LogP contribution is -2.53. The number of fused-ring (bicyclic) bond motifs is 4. The molecule has 156 valence electrons. The molecule has 3 amide bonds. The second kappa shape index (κ2) is 7.38. The summed E-state index contributed by atoms with van der Waals surface area (Å²) in [6, 6.07) is 5.02. The number of carbonyl (C=O) groups excluding carboxylic acids is 3. The highest BCUT2D eigenvalue weighted by atomic mass is 35.5. The summed E-state index contributed by atoms with van der Waals surface area (Å²) < 4.78 is 5.07. The van der Waals surface area contributed by atoms with Crippen LogP contribution >= 0.6 is 11.6 Å². The van der Waals surface area contributed by atoms with Gasteiger partial charge in [-0.3, -0.25) is 24.6 Å². The van der Waals surface area contributed by atoms with Crippen molar-refractivity contribution < 1.29 is 19.1 Å². The number of nitrogens with one attached hydrogen (secondary N) is 2. The quantitative estimate of drug-likeness (QED) is 0.545. The number of methoxy groups -OCH3 is 1. The molecule has 0 radical (unpaired) electrons. The summed E-state index contributed by atoms with van der Waals surface area (Å²) in [4.78, 5) is 41.3. The van der Waals surface area contributed by atoms with Crippen molar-refractivity contribution in [2.75, 3.05) is 25.6 Å². The Balaban J connectivity index is 1.79. The maximum atomic E-state index is 13.4. The zero-order chi connectivity index (χ0) is 20.9. The van der Waals surface area contributed by atoms with Gasteiger partial charge in [0.15, 0.2) is 0 Å². The van der Waals surface area contributed by atoms with Gasteiger partial charge in [-0.1, -0.05) is 37.6 Å². The van der Waals surface area contributed by atoms with Crippen LogP contribution in [0.3, 0.4) is 0 Å². The molecule has 1 aromatic carbocycles. The van der Waals surface area contributed by atoms with Gasteiger partial charge >= 0.3 is 0 Å². The summed E-state index contributed by atoms with van der Waals surface area (Å²) in [5.41, 5.74) is -0.0995. The predicted molar refractivity (Wildman–Crippen MR) is 108 cm³/mol. The second-order valence-electron chi connectivity index (χ2n) is 8.48.